The molecule has 1 aliphatic rings. The number of hydrogen-bond acceptors (Lipinski definition) is 5. The molecular weight excluding hydrogens is 407 g/mol. The largest absolute Gasteiger partial charge is 0.418 e. The van der Waals surface area contributed by atoms with Gasteiger partial charge in [0.1, 0.15) is 5.82 Å². The van der Waals surface area contributed by atoms with Crippen molar-refractivity contribution in [1.82, 2.24) is 9.88 Å². The lowest BCUT2D eigenvalue weighted by Gasteiger charge is -2.35. The number of benzene rings is 1. The van der Waals surface area contributed by atoms with Crippen LogP contribution in [0.25, 0.3) is 0 Å². The number of nitriles is 1. The molecule has 3 rings (SSSR count). The minimum atomic E-state index is -4.62. The molecule has 0 saturated carbocycles. The first-order chi connectivity index (χ1) is 13.8. The molecular formula is C19H17ClF3N5O. The molecule has 1 saturated heterocycles. The average molecular weight is 424 g/mol. The Morgan fingerprint density at radius 3 is 2.59 bits per heavy atom. The van der Waals surface area contributed by atoms with E-state index in [1.807, 2.05) is 9.80 Å². The van der Waals surface area contributed by atoms with Crippen LogP contribution < -0.4 is 10.2 Å². The number of carbonyl (C=O) groups excluding carboxylic acids is 1. The van der Waals surface area contributed by atoms with E-state index in [4.69, 9.17) is 16.9 Å². The lowest BCUT2D eigenvalue weighted by molar-refractivity contribution is -0.137. The highest BCUT2D eigenvalue weighted by atomic mass is 35.5. The van der Waals surface area contributed by atoms with E-state index < -0.39 is 17.6 Å². The van der Waals surface area contributed by atoms with E-state index >= 15 is 0 Å². The summed E-state index contributed by atoms with van der Waals surface area (Å²) in [5, 5.41) is 11.3. The first-order valence-electron chi connectivity index (χ1n) is 8.76. The Labute approximate surface area is 170 Å². The lowest BCUT2D eigenvalue weighted by atomic mass is 10.1. The molecule has 0 aliphatic carbocycles. The Bertz CT molecular complexity index is 936. The Morgan fingerprint density at radius 1 is 1.21 bits per heavy atom. The summed E-state index contributed by atoms with van der Waals surface area (Å²) in [6.07, 6.45) is -3.05. The van der Waals surface area contributed by atoms with Crippen LogP contribution in [-0.4, -0.2) is 48.5 Å². The second-order valence-corrected chi connectivity index (χ2v) is 6.95. The van der Waals surface area contributed by atoms with Crippen molar-refractivity contribution in [3.63, 3.8) is 0 Å². The highest BCUT2D eigenvalue weighted by Crippen LogP contribution is 2.36. The number of piperazine rings is 1. The summed E-state index contributed by atoms with van der Waals surface area (Å²) in [4.78, 5) is 20.4. The summed E-state index contributed by atoms with van der Waals surface area (Å²) in [6, 6.07) is 8.62. The molecule has 0 atom stereocenters. The van der Waals surface area contributed by atoms with E-state index in [0.717, 1.165) is 12.1 Å². The van der Waals surface area contributed by atoms with Crippen molar-refractivity contribution < 1.29 is 18.0 Å². The molecule has 2 heterocycles. The zero-order valence-electron chi connectivity index (χ0n) is 15.2. The molecule has 1 aliphatic heterocycles. The smallest absolute Gasteiger partial charge is 0.354 e. The number of nitrogens with one attached hydrogen (secondary N) is 1. The van der Waals surface area contributed by atoms with Crippen LogP contribution in [0.5, 0.6) is 0 Å². The predicted molar refractivity (Wildman–Crippen MR) is 103 cm³/mol. The van der Waals surface area contributed by atoms with Gasteiger partial charge < -0.3 is 10.2 Å². The Balaban J connectivity index is 1.57. The van der Waals surface area contributed by atoms with Gasteiger partial charge in [-0.25, -0.2) is 4.98 Å². The molecule has 1 fully saturated rings. The average Bonchev–Trinajstić information content (AvgIpc) is 2.69. The van der Waals surface area contributed by atoms with Crippen molar-refractivity contribution in [2.24, 2.45) is 0 Å². The van der Waals surface area contributed by atoms with Gasteiger partial charge in [-0.05, 0) is 30.3 Å². The summed E-state index contributed by atoms with van der Waals surface area (Å²) >= 11 is 5.65. The molecule has 1 amide bonds. The fourth-order valence-corrected chi connectivity index (χ4v) is 3.22. The summed E-state index contributed by atoms with van der Waals surface area (Å²) < 4.78 is 39.4. The topological polar surface area (TPSA) is 72.3 Å². The molecule has 1 aromatic carbocycles. The minimum Gasteiger partial charge on any atom is -0.354 e. The van der Waals surface area contributed by atoms with E-state index in [2.05, 4.69) is 16.4 Å². The molecule has 1 aromatic heterocycles. The van der Waals surface area contributed by atoms with Crippen molar-refractivity contribution in [2.75, 3.05) is 42.9 Å². The number of carbonyl (C=O) groups is 1. The SMILES string of the molecule is N#Cc1ccnc(N2CCN(CC(=O)Nc3ccc(Cl)cc3C(F)(F)F)CC2)c1. The highest BCUT2D eigenvalue weighted by molar-refractivity contribution is 6.30. The standard InChI is InChI=1S/C19H17ClF3N5O/c20-14-1-2-16(15(10-14)19(21,22)23)26-18(29)12-27-5-7-28(8-6-27)17-9-13(11-24)3-4-25-17/h1-4,9-10H,5-8,12H2,(H,26,29). The first kappa shape index (κ1) is 20.9. The van der Waals surface area contributed by atoms with Crippen LogP contribution in [0.1, 0.15) is 11.1 Å². The van der Waals surface area contributed by atoms with Gasteiger partial charge in [0.2, 0.25) is 5.91 Å². The summed E-state index contributed by atoms with van der Waals surface area (Å²) in [5.41, 5.74) is -0.782. The lowest BCUT2D eigenvalue weighted by Crippen LogP contribution is -2.49. The zero-order valence-corrected chi connectivity index (χ0v) is 16.0. The van der Waals surface area contributed by atoms with Gasteiger partial charge in [0, 0.05) is 37.4 Å². The van der Waals surface area contributed by atoms with Crippen LogP contribution in [0.3, 0.4) is 0 Å². The Hall–Kier alpha value is -2.83. The number of aromatic nitrogens is 1. The van der Waals surface area contributed by atoms with Gasteiger partial charge in [0.05, 0.1) is 29.4 Å². The quantitative estimate of drug-likeness (QED) is 0.816. The van der Waals surface area contributed by atoms with Gasteiger partial charge in [-0.2, -0.15) is 18.4 Å². The highest BCUT2D eigenvalue weighted by Gasteiger charge is 2.34. The molecule has 0 bridgehead atoms. The number of pyridine rings is 1. The Morgan fingerprint density at radius 2 is 1.93 bits per heavy atom. The van der Waals surface area contributed by atoms with Gasteiger partial charge in [-0.15, -0.1) is 0 Å². The molecule has 0 unspecified atom stereocenters. The molecule has 152 valence electrons. The van der Waals surface area contributed by atoms with E-state index in [1.54, 1.807) is 18.3 Å². The van der Waals surface area contributed by atoms with Crippen LogP contribution in [0, 0.1) is 11.3 Å². The zero-order chi connectivity index (χ0) is 21.0. The second kappa shape index (κ2) is 8.68. The van der Waals surface area contributed by atoms with Crippen LogP contribution in [0.2, 0.25) is 5.02 Å². The van der Waals surface area contributed by atoms with Crippen molar-refractivity contribution in [1.29, 1.82) is 5.26 Å². The van der Waals surface area contributed by atoms with E-state index in [9.17, 15) is 18.0 Å². The van der Waals surface area contributed by atoms with E-state index in [0.29, 0.717) is 37.6 Å². The second-order valence-electron chi connectivity index (χ2n) is 6.51. The van der Waals surface area contributed by atoms with Crippen molar-refractivity contribution in [2.45, 2.75) is 6.18 Å². The monoisotopic (exact) mass is 423 g/mol. The third-order valence-electron chi connectivity index (χ3n) is 4.50. The number of hydrogen-bond donors (Lipinski definition) is 1. The normalized spacial score (nSPS) is 15.1. The van der Waals surface area contributed by atoms with Crippen molar-refractivity contribution >= 4 is 29.0 Å². The molecule has 29 heavy (non-hydrogen) atoms. The third kappa shape index (κ3) is 5.37. The fraction of sp³-hybridized carbons (Fsp3) is 0.316. The van der Waals surface area contributed by atoms with Crippen LogP contribution in [-0.2, 0) is 11.0 Å². The van der Waals surface area contributed by atoms with Gasteiger partial charge in [-0.1, -0.05) is 11.6 Å². The molecule has 10 heteroatoms. The number of alkyl halides is 3. The summed E-state index contributed by atoms with van der Waals surface area (Å²) in [6.45, 7) is 2.23. The minimum absolute atomic E-state index is 0.0283. The van der Waals surface area contributed by atoms with Crippen molar-refractivity contribution in [3.05, 3.63) is 52.7 Å². The number of rotatable bonds is 4. The summed E-state index contributed by atoms with van der Waals surface area (Å²) in [7, 11) is 0. The number of amides is 1. The number of nitrogens with zero attached hydrogens (tertiary/aromatic N) is 4. The Kier molecular flexibility index (Phi) is 6.25. The molecule has 0 spiro atoms. The maximum absolute atomic E-state index is 13.1. The number of anilines is 2. The van der Waals surface area contributed by atoms with Crippen molar-refractivity contribution in [3.8, 4) is 6.07 Å². The summed E-state index contributed by atoms with van der Waals surface area (Å²) in [5.74, 6) is 0.153. The third-order valence-corrected chi connectivity index (χ3v) is 4.73. The van der Waals surface area contributed by atoms with E-state index in [-0.39, 0.29) is 17.3 Å². The van der Waals surface area contributed by atoms with Crippen LogP contribution >= 0.6 is 11.6 Å². The molecule has 6 nitrogen and oxygen atoms in total. The van der Waals surface area contributed by atoms with E-state index in [1.165, 1.54) is 6.07 Å². The molecule has 2 aromatic rings. The van der Waals surface area contributed by atoms with Gasteiger partial charge in [-0.3, -0.25) is 9.69 Å². The molecule has 0 radical (unpaired) electrons. The fourth-order valence-electron chi connectivity index (χ4n) is 3.05. The number of halogens is 4. The molecule has 1 N–H and O–H groups in total. The van der Waals surface area contributed by atoms with Gasteiger partial charge in [0.25, 0.3) is 0 Å². The van der Waals surface area contributed by atoms with Crippen LogP contribution in [0.4, 0.5) is 24.7 Å². The maximum atomic E-state index is 13.1. The van der Waals surface area contributed by atoms with Crippen LogP contribution in [0.15, 0.2) is 36.5 Å². The first-order valence-corrected chi connectivity index (χ1v) is 9.14. The van der Waals surface area contributed by atoms with Gasteiger partial charge >= 0.3 is 6.18 Å². The maximum Gasteiger partial charge on any atom is 0.418 e. The van der Waals surface area contributed by atoms with Gasteiger partial charge in [0.15, 0.2) is 0 Å². The predicted octanol–water partition coefficient (Wildman–Crippen LogP) is 3.39.